The lowest BCUT2D eigenvalue weighted by Gasteiger charge is -2.34. The minimum Gasteiger partial charge on any atom is -0.369 e. The molecule has 2 N–H and O–H groups in total. The second-order valence-corrected chi connectivity index (χ2v) is 7.12. The molecule has 0 amide bonds. The normalized spacial score (nSPS) is 14.7. The highest BCUT2D eigenvalue weighted by atomic mass is 15.3. The van der Waals surface area contributed by atoms with Gasteiger partial charge in [0.15, 0.2) is 5.82 Å². The third kappa shape index (κ3) is 4.55. The van der Waals surface area contributed by atoms with E-state index in [4.69, 9.17) is 0 Å². The van der Waals surface area contributed by atoms with Gasteiger partial charge in [-0.2, -0.15) is 10.1 Å². The molecular formula is C21H25N7. The minimum absolute atomic E-state index is 0.463. The fraction of sp³-hybridized carbons (Fsp3) is 0.286. The van der Waals surface area contributed by atoms with Crippen molar-refractivity contribution in [2.75, 3.05) is 48.8 Å². The first-order valence-corrected chi connectivity index (χ1v) is 9.50. The molecule has 28 heavy (non-hydrogen) atoms. The van der Waals surface area contributed by atoms with Crippen LogP contribution in [0.5, 0.6) is 0 Å². The van der Waals surface area contributed by atoms with E-state index < -0.39 is 0 Å². The van der Waals surface area contributed by atoms with Crippen LogP contribution in [0.2, 0.25) is 0 Å². The Morgan fingerprint density at radius 2 is 1.68 bits per heavy atom. The van der Waals surface area contributed by atoms with Crippen LogP contribution in [0.3, 0.4) is 0 Å². The summed E-state index contributed by atoms with van der Waals surface area (Å²) in [4.78, 5) is 9.28. The standard InChI is InChI=1S/C21H25N7/c1-16-4-3-5-18(14-16)24-21-25-20(15-22-26-21)23-17-6-8-19(9-7-17)28-12-10-27(2)11-13-28/h3-9,14-15H,10-13H2,1-2H3,(H2,23,24,25,26). The number of nitrogens with zero attached hydrogens (tertiary/aromatic N) is 5. The van der Waals surface area contributed by atoms with Crippen LogP contribution in [-0.4, -0.2) is 53.3 Å². The number of rotatable bonds is 5. The van der Waals surface area contributed by atoms with E-state index in [1.807, 2.05) is 31.2 Å². The molecule has 2 aromatic carbocycles. The Balaban J connectivity index is 1.41. The van der Waals surface area contributed by atoms with E-state index in [2.05, 4.69) is 66.9 Å². The SMILES string of the molecule is Cc1cccc(Nc2nncc(Nc3ccc(N4CCN(C)CC4)cc3)n2)c1. The molecule has 0 unspecified atom stereocenters. The molecular weight excluding hydrogens is 350 g/mol. The van der Waals surface area contributed by atoms with Crippen molar-refractivity contribution in [3.63, 3.8) is 0 Å². The maximum absolute atomic E-state index is 4.50. The molecule has 7 nitrogen and oxygen atoms in total. The average Bonchev–Trinajstić information content (AvgIpc) is 2.70. The Morgan fingerprint density at radius 3 is 2.43 bits per heavy atom. The van der Waals surface area contributed by atoms with Gasteiger partial charge in [0.2, 0.25) is 5.95 Å². The summed E-state index contributed by atoms with van der Waals surface area (Å²) in [7, 11) is 2.17. The van der Waals surface area contributed by atoms with Crippen LogP contribution in [0.15, 0.2) is 54.7 Å². The van der Waals surface area contributed by atoms with Gasteiger partial charge in [-0.1, -0.05) is 12.1 Å². The number of aromatic nitrogens is 3. The van der Waals surface area contributed by atoms with Crippen LogP contribution in [0.1, 0.15) is 5.56 Å². The quantitative estimate of drug-likeness (QED) is 0.708. The molecule has 3 aromatic rings. The van der Waals surface area contributed by atoms with Crippen molar-refractivity contribution >= 4 is 28.8 Å². The van der Waals surface area contributed by atoms with Crippen molar-refractivity contribution in [2.45, 2.75) is 6.92 Å². The minimum atomic E-state index is 0.463. The van der Waals surface area contributed by atoms with Gasteiger partial charge in [0, 0.05) is 43.2 Å². The number of benzene rings is 2. The number of anilines is 5. The van der Waals surface area contributed by atoms with Gasteiger partial charge in [0.05, 0.1) is 6.20 Å². The molecule has 0 bridgehead atoms. The third-order valence-corrected chi connectivity index (χ3v) is 4.84. The van der Waals surface area contributed by atoms with E-state index in [1.165, 1.54) is 11.3 Å². The van der Waals surface area contributed by atoms with Gasteiger partial charge in [-0.3, -0.25) is 0 Å². The fourth-order valence-electron chi connectivity index (χ4n) is 3.24. The predicted octanol–water partition coefficient (Wildman–Crippen LogP) is 3.42. The predicted molar refractivity (Wildman–Crippen MR) is 114 cm³/mol. The Kier molecular flexibility index (Phi) is 5.34. The van der Waals surface area contributed by atoms with Gasteiger partial charge in [-0.05, 0) is 55.9 Å². The van der Waals surface area contributed by atoms with Crippen LogP contribution in [0.25, 0.3) is 0 Å². The molecule has 1 saturated heterocycles. The molecule has 7 heteroatoms. The average molecular weight is 375 g/mol. The van der Waals surface area contributed by atoms with Gasteiger partial charge >= 0.3 is 0 Å². The van der Waals surface area contributed by atoms with E-state index in [0.717, 1.165) is 37.6 Å². The number of likely N-dealkylation sites (N-methyl/N-ethyl adjacent to an activating group) is 1. The first-order chi connectivity index (χ1) is 13.7. The lowest BCUT2D eigenvalue weighted by Crippen LogP contribution is -2.44. The molecule has 0 saturated carbocycles. The lowest BCUT2D eigenvalue weighted by molar-refractivity contribution is 0.313. The zero-order valence-electron chi connectivity index (χ0n) is 16.3. The Bertz CT molecular complexity index is 918. The number of hydrogen-bond acceptors (Lipinski definition) is 7. The summed E-state index contributed by atoms with van der Waals surface area (Å²) in [6.45, 7) is 6.38. The molecule has 4 rings (SSSR count). The third-order valence-electron chi connectivity index (χ3n) is 4.84. The van der Waals surface area contributed by atoms with Crippen LogP contribution < -0.4 is 15.5 Å². The van der Waals surface area contributed by atoms with E-state index in [-0.39, 0.29) is 0 Å². The molecule has 0 radical (unpaired) electrons. The van der Waals surface area contributed by atoms with Gasteiger partial charge in [0.25, 0.3) is 0 Å². The summed E-state index contributed by atoms with van der Waals surface area (Å²) in [6, 6.07) is 16.5. The van der Waals surface area contributed by atoms with Crippen LogP contribution in [0, 0.1) is 6.92 Å². The van der Waals surface area contributed by atoms with Crippen LogP contribution in [-0.2, 0) is 0 Å². The second kappa shape index (κ2) is 8.22. The zero-order chi connectivity index (χ0) is 19.3. The topological polar surface area (TPSA) is 69.2 Å². The van der Waals surface area contributed by atoms with Crippen molar-refractivity contribution in [1.82, 2.24) is 20.1 Å². The molecule has 0 spiro atoms. The molecule has 1 aromatic heterocycles. The van der Waals surface area contributed by atoms with Crippen LogP contribution in [0.4, 0.5) is 28.8 Å². The first kappa shape index (κ1) is 18.2. The van der Waals surface area contributed by atoms with Gasteiger partial charge < -0.3 is 20.4 Å². The summed E-state index contributed by atoms with van der Waals surface area (Å²) in [5.74, 6) is 1.11. The summed E-state index contributed by atoms with van der Waals surface area (Å²) in [5, 5.41) is 14.6. The smallest absolute Gasteiger partial charge is 0.249 e. The van der Waals surface area contributed by atoms with Crippen molar-refractivity contribution in [1.29, 1.82) is 0 Å². The molecule has 0 atom stereocenters. The number of aryl methyl sites for hydroxylation is 1. The number of piperazine rings is 1. The molecule has 0 aliphatic carbocycles. The monoisotopic (exact) mass is 375 g/mol. The summed E-state index contributed by atoms with van der Waals surface area (Å²) in [5.41, 5.74) is 4.34. The number of hydrogen-bond donors (Lipinski definition) is 2. The Hall–Kier alpha value is -3.19. The molecule has 1 aliphatic heterocycles. The van der Waals surface area contributed by atoms with E-state index in [1.54, 1.807) is 6.20 Å². The maximum Gasteiger partial charge on any atom is 0.249 e. The lowest BCUT2D eigenvalue weighted by atomic mass is 10.2. The second-order valence-electron chi connectivity index (χ2n) is 7.12. The maximum atomic E-state index is 4.50. The van der Waals surface area contributed by atoms with Gasteiger partial charge in [-0.25, -0.2) is 0 Å². The van der Waals surface area contributed by atoms with E-state index >= 15 is 0 Å². The highest BCUT2D eigenvalue weighted by Gasteiger charge is 2.14. The Morgan fingerprint density at radius 1 is 0.893 bits per heavy atom. The number of nitrogens with one attached hydrogen (secondary N) is 2. The van der Waals surface area contributed by atoms with Crippen molar-refractivity contribution in [2.24, 2.45) is 0 Å². The highest BCUT2D eigenvalue weighted by Crippen LogP contribution is 2.22. The summed E-state index contributed by atoms with van der Waals surface area (Å²) in [6.07, 6.45) is 1.62. The first-order valence-electron chi connectivity index (χ1n) is 9.50. The van der Waals surface area contributed by atoms with Crippen LogP contribution >= 0.6 is 0 Å². The van der Waals surface area contributed by atoms with E-state index in [9.17, 15) is 0 Å². The molecule has 144 valence electrons. The van der Waals surface area contributed by atoms with Gasteiger partial charge in [-0.15, -0.1) is 5.10 Å². The largest absolute Gasteiger partial charge is 0.369 e. The van der Waals surface area contributed by atoms with E-state index in [0.29, 0.717) is 11.8 Å². The zero-order valence-corrected chi connectivity index (χ0v) is 16.3. The molecule has 1 aliphatic rings. The summed E-state index contributed by atoms with van der Waals surface area (Å²) >= 11 is 0. The van der Waals surface area contributed by atoms with Crippen molar-refractivity contribution < 1.29 is 0 Å². The van der Waals surface area contributed by atoms with Gasteiger partial charge in [0.1, 0.15) is 0 Å². The summed E-state index contributed by atoms with van der Waals surface area (Å²) < 4.78 is 0. The molecule has 2 heterocycles. The van der Waals surface area contributed by atoms with Crippen molar-refractivity contribution in [3.05, 3.63) is 60.3 Å². The highest BCUT2D eigenvalue weighted by molar-refractivity contribution is 5.62. The van der Waals surface area contributed by atoms with Crippen molar-refractivity contribution in [3.8, 4) is 0 Å². The fourth-order valence-corrected chi connectivity index (χ4v) is 3.24. The molecule has 1 fully saturated rings. The Labute approximate surface area is 165 Å².